The molecule has 0 heterocycles. The number of carbonyl (C=O) groups excluding carboxylic acids is 1. The number of aliphatic hydroxyl groups excluding tert-OH is 1. The maximum absolute atomic E-state index is 11.6. The molecule has 0 atom stereocenters. The van der Waals surface area contributed by atoms with Crippen molar-refractivity contribution in [2.24, 2.45) is 0 Å². The number of rotatable bonds is 9. The summed E-state index contributed by atoms with van der Waals surface area (Å²) in [6.07, 6.45) is 4.47. The second kappa shape index (κ2) is 12.4. The molecule has 0 aliphatic rings. The van der Waals surface area contributed by atoms with Crippen LogP contribution in [0.25, 0.3) is 0 Å². The van der Waals surface area contributed by atoms with Crippen molar-refractivity contribution >= 4 is 11.5 Å². The maximum Gasteiger partial charge on any atom is 0.162 e. The highest BCUT2D eigenvalue weighted by atomic mass is 16.2. The number of aliphatic hydroxyl groups is 1. The molecule has 0 radical (unpaired) electrons. The molecule has 0 saturated carbocycles. The fraction of sp³-hybridized carbons (Fsp3) is 0.471. The molecule has 0 amide bonds. The molecule has 3 nitrogen and oxygen atoms in total. The Labute approximate surface area is 122 Å². The molecule has 1 rings (SSSR count). The van der Waals surface area contributed by atoms with Gasteiger partial charge in [0.1, 0.15) is 0 Å². The van der Waals surface area contributed by atoms with Crippen LogP contribution in [0.3, 0.4) is 0 Å². The van der Waals surface area contributed by atoms with Crippen molar-refractivity contribution in [3.63, 3.8) is 0 Å². The van der Waals surface area contributed by atoms with E-state index in [-0.39, 0.29) is 12.4 Å². The van der Waals surface area contributed by atoms with Crippen LogP contribution in [0.4, 0.5) is 5.69 Å². The summed E-state index contributed by atoms with van der Waals surface area (Å²) in [6, 6.07) is 7.67. The van der Waals surface area contributed by atoms with Gasteiger partial charge in [-0.2, -0.15) is 0 Å². The number of ketones is 1. The SMILES string of the molecule is C=C.CCCC(=O)c1ccc(NCCCCCO)cc1. The van der Waals surface area contributed by atoms with Gasteiger partial charge in [0.15, 0.2) is 5.78 Å². The molecule has 3 heteroatoms. The van der Waals surface area contributed by atoms with Gasteiger partial charge in [0.2, 0.25) is 0 Å². The van der Waals surface area contributed by atoms with Gasteiger partial charge in [-0.15, -0.1) is 13.2 Å². The van der Waals surface area contributed by atoms with Gasteiger partial charge in [0, 0.05) is 30.8 Å². The minimum absolute atomic E-state index is 0.215. The fourth-order valence-corrected chi connectivity index (χ4v) is 1.79. The molecule has 0 unspecified atom stereocenters. The van der Waals surface area contributed by atoms with Gasteiger partial charge < -0.3 is 10.4 Å². The van der Waals surface area contributed by atoms with Crippen molar-refractivity contribution < 1.29 is 9.90 Å². The number of anilines is 1. The highest BCUT2D eigenvalue weighted by Crippen LogP contribution is 2.12. The Balaban J connectivity index is 0.00000172. The largest absolute Gasteiger partial charge is 0.396 e. The van der Waals surface area contributed by atoms with Gasteiger partial charge in [0.25, 0.3) is 0 Å². The molecule has 0 saturated heterocycles. The summed E-state index contributed by atoms with van der Waals surface area (Å²) in [7, 11) is 0. The van der Waals surface area contributed by atoms with Crippen molar-refractivity contribution in [2.75, 3.05) is 18.5 Å². The van der Waals surface area contributed by atoms with E-state index >= 15 is 0 Å². The van der Waals surface area contributed by atoms with Crippen LogP contribution in [0.15, 0.2) is 37.4 Å². The number of nitrogens with one attached hydrogen (secondary N) is 1. The van der Waals surface area contributed by atoms with Gasteiger partial charge in [0.05, 0.1) is 0 Å². The Morgan fingerprint density at radius 3 is 2.35 bits per heavy atom. The molecular formula is C17H27NO2. The summed E-state index contributed by atoms with van der Waals surface area (Å²) < 4.78 is 0. The topological polar surface area (TPSA) is 49.3 Å². The molecule has 1 aromatic rings. The third-order valence-corrected chi connectivity index (χ3v) is 2.85. The zero-order valence-electron chi connectivity index (χ0n) is 12.5. The summed E-state index contributed by atoms with van der Waals surface area (Å²) >= 11 is 0. The minimum Gasteiger partial charge on any atom is -0.396 e. The average Bonchev–Trinajstić information content (AvgIpc) is 2.50. The molecule has 0 fully saturated rings. The van der Waals surface area contributed by atoms with Crippen molar-refractivity contribution in [1.82, 2.24) is 0 Å². The van der Waals surface area contributed by atoms with Crippen LogP contribution in [0.2, 0.25) is 0 Å². The van der Waals surface area contributed by atoms with Crippen LogP contribution < -0.4 is 5.32 Å². The zero-order chi connectivity index (χ0) is 15.2. The summed E-state index contributed by atoms with van der Waals surface area (Å²) in [5.74, 6) is 0.215. The monoisotopic (exact) mass is 277 g/mol. The van der Waals surface area contributed by atoms with Crippen LogP contribution in [-0.2, 0) is 0 Å². The van der Waals surface area contributed by atoms with Gasteiger partial charge in [-0.3, -0.25) is 4.79 Å². The number of Topliss-reactive ketones (excluding diaryl/α,β-unsaturated/α-hetero) is 1. The lowest BCUT2D eigenvalue weighted by molar-refractivity contribution is 0.0982. The Morgan fingerprint density at radius 1 is 1.15 bits per heavy atom. The van der Waals surface area contributed by atoms with E-state index in [0.29, 0.717) is 6.42 Å². The molecule has 0 aromatic heterocycles. The highest BCUT2D eigenvalue weighted by Gasteiger charge is 2.03. The van der Waals surface area contributed by atoms with Crippen molar-refractivity contribution in [3.8, 4) is 0 Å². The third kappa shape index (κ3) is 7.74. The number of hydrogen-bond donors (Lipinski definition) is 2. The predicted octanol–water partition coefficient (Wildman–Crippen LogP) is 4.05. The van der Waals surface area contributed by atoms with E-state index in [9.17, 15) is 4.79 Å². The quantitative estimate of drug-likeness (QED) is 0.407. The van der Waals surface area contributed by atoms with Crippen LogP contribution in [0.5, 0.6) is 0 Å². The number of hydrogen-bond acceptors (Lipinski definition) is 3. The second-order valence-corrected chi connectivity index (χ2v) is 4.46. The molecule has 2 N–H and O–H groups in total. The number of benzene rings is 1. The van der Waals surface area contributed by atoms with Gasteiger partial charge >= 0.3 is 0 Å². The van der Waals surface area contributed by atoms with E-state index in [2.05, 4.69) is 18.5 Å². The Morgan fingerprint density at radius 2 is 1.80 bits per heavy atom. The molecule has 1 aromatic carbocycles. The molecule has 0 aliphatic carbocycles. The van der Waals surface area contributed by atoms with Crippen molar-refractivity contribution in [1.29, 1.82) is 0 Å². The lowest BCUT2D eigenvalue weighted by Crippen LogP contribution is -2.03. The van der Waals surface area contributed by atoms with Crippen LogP contribution >= 0.6 is 0 Å². The zero-order valence-corrected chi connectivity index (χ0v) is 12.5. The van der Waals surface area contributed by atoms with Gasteiger partial charge in [-0.05, 0) is 49.9 Å². The van der Waals surface area contributed by atoms with E-state index in [4.69, 9.17) is 5.11 Å². The predicted molar refractivity (Wildman–Crippen MR) is 86.4 cm³/mol. The van der Waals surface area contributed by atoms with E-state index in [0.717, 1.165) is 43.5 Å². The first-order valence-corrected chi connectivity index (χ1v) is 7.26. The number of unbranched alkanes of at least 4 members (excludes halogenated alkanes) is 2. The Hall–Kier alpha value is -1.61. The average molecular weight is 277 g/mol. The van der Waals surface area contributed by atoms with Gasteiger partial charge in [-0.1, -0.05) is 6.92 Å². The second-order valence-electron chi connectivity index (χ2n) is 4.46. The summed E-state index contributed by atoms with van der Waals surface area (Å²) in [4.78, 5) is 11.6. The normalized spacial score (nSPS) is 9.50. The summed E-state index contributed by atoms with van der Waals surface area (Å²) in [6.45, 7) is 9.19. The lowest BCUT2D eigenvalue weighted by Gasteiger charge is -2.07. The smallest absolute Gasteiger partial charge is 0.162 e. The maximum atomic E-state index is 11.6. The molecule has 0 aliphatic heterocycles. The molecule has 0 bridgehead atoms. The van der Waals surface area contributed by atoms with E-state index in [1.807, 2.05) is 31.2 Å². The Bertz CT molecular complexity index is 360. The van der Waals surface area contributed by atoms with Gasteiger partial charge in [-0.25, -0.2) is 0 Å². The molecule has 112 valence electrons. The Kier molecular flexibility index (Phi) is 11.4. The molecular weight excluding hydrogens is 250 g/mol. The van der Waals surface area contributed by atoms with Crippen LogP contribution in [0.1, 0.15) is 49.4 Å². The highest BCUT2D eigenvalue weighted by molar-refractivity contribution is 5.96. The van der Waals surface area contributed by atoms with E-state index in [1.54, 1.807) is 0 Å². The first-order chi connectivity index (χ1) is 9.77. The minimum atomic E-state index is 0.215. The van der Waals surface area contributed by atoms with Crippen molar-refractivity contribution in [2.45, 2.75) is 39.0 Å². The van der Waals surface area contributed by atoms with E-state index < -0.39 is 0 Å². The molecule has 20 heavy (non-hydrogen) atoms. The van der Waals surface area contributed by atoms with Crippen molar-refractivity contribution in [3.05, 3.63) is 43.0 Å². The van der Waals surface area contributed by atoms with E-state index in [1.165, 1.54) is 0 Å². The third-order valence-electron chi connectivity index (χ3n) is 2.85. The van der Waals surface area contributed by atoms with Crippen LogP contribution in [-0.4, -0.2) is 24.0 Å². The summed E-state index contributed by atoms with van der Waals surface area (Å²) in [5, 5.41) is 12.0. The lowest BCUT2D eigenvalue weighted by atomic mass is 10.1. The summed E-state index contributed by atoms with van der Waals surface area (Å²) in [5.41, 5.74) is 1.84. The fourth-order valence-electron chi connectivity index (χ4n) is 1.79. The van der Waals surface area contributed by atoms with Crippen LogP contribution in [0, 0.1) is 0 Å². The standard InChI is InChI=1S/C15H23NO2.C2H4/c1-2-6-15(18)13-7-9-14(10-8-13)16-11-4-3-5-12-17;1-2/h7-10,16-17H,2-6,11-12H2,1H3;1-2H2. The first kappa shape index (κ1) is 18.4. The first-order valence-electron chi connectivity index (χ1n) is 7.26. The number of carbonyl (C=O) groups is 1. The molecule has 0 spiro atoms.